The highest BCUT2D eigenvalue weighted by Crippen LogP contribution is 2.29. The summed E-state index contributed by atoms with van der Waals surface area (Å²) in [6.07, 6.45) is -4.42. The third-order valence-corrected chi connectivity index (χ3v) is 2.97. The van der Waals surface area contributed by atoms with Crippen LogP contribution >= 0.6 is 0 Å². The molecule has 1 heterocycles. The average Bonchev–Trinajstić information content (AvgIpc) is 2.58. The minimum Gasteiger partial charge on any atom is -0.246 e. The van der Waals surface area contributed by atoms with Crippen LogP contribution in [0.15, 0.2) is 28.7 Å². The van der Waals surface area contributed by atoms with Gasteiger partial charge in [0, 0.05) is 0 Å². The van der Waals surface area contributed by atoms with Crippen LogP contribution in [0.25, 0.3) is 0 Å². The molecule has 0 radical (unpaired) electrons. The molecule has 1 aromatic carbocycles. The largest absolute Gasteiger partial charge is 0.416 e. The second kappa shape index (κ2) is 3.81. The predicted octanol–water partition coefficient (Wildman–Crippen LogP) is 1.77. The van der Waals surface area contributed by atoms with Crippen molar-refractivity contribution in [3.8, 4) is 0 Å². The minimum atomic E-state index is -4.42. The molecule has 17 heavy (non-hydrogen) atoms. The molecule has 0 amide bonds. The number of hydrogen-bond donors (Lipinski definition) is 0. The van der Waals surface area contributed by atoms with E-state index in [9.17, 15) is 21.6 Å². The number of benzene rings is 1. The highest BCUT2D eigenvalue weighted by atomic mass is 32.2. The van der Waals surface area contributed by atoms with Crippen molar-refractivity contribution in [3.05, 3.63) is 35.4 Å². The number of nitrogens with zero attached hydrogens (tertiary/aromatic N) is 1. The van der Waals surface area contributed by atoms with Crippen LogP contribution in [0.5, 0.6) is 0 Å². The van der Waals surface area contributed by atoms with Gasteiger partial charge in [0.15, 0.2) is 0 Å². The first kappa shape index (κ1) is 12.1. The smallest absolute Gasteiger partial charge is 0.246 e. The van der Waals surface area contributed by atoms with Crippen LogP contribution < -0.4 is 0 Å². The van der Waals surface area contributed by atoms with Crippen molar-refractivity contribution in [2.75, 3.05) is 6.61 Å². The predicted molar refractivity (Wildman–Crippen MR) is 52.9 cm³/mol. The van der Waals surface area contributed by atoms with Crippen molar-refractivity contribution in [1.29, 1.82) is 0 Å². The molecule has 0 aromatic heterocycles. The topological polar surface area (TPSA) is 55.7 Å². The summed E-state index contributed by atoms with van der Waals surface area (Å²) in [5, 5.41) is 0. The Morgan fingerprint density at radius 3 is 2.18 bits per heavy atom. The van der Waals surface area contributed by atoms with E-state index in [0.717, 1.165) is 24.3 Å². The maximum atomic E-state index is 12.3. The van der Waals surface area contributed by atoms with Crippen LogP contribution in [-0.4, -0.2) is 20.7 Å². The van der Waals surface area contributed by atoms with Crippen LogP contribution in [-0.2, 0) is 20.7 Å². The Kier molecular flexibility index (Phi) is 2.70. The van der Waals surface area contributed by atoms with Crippen LogP contribution in [0.1, 0.15) is 11.1 Å². The molecule has 0 bridgehead atoms. The lowest BCUT2D eigenvalue weighted by molar-refractivity contribution is -0.137. The second-order valence-electron chi connectivity index (χ2n) is 3.30. The van der Waals surface area contributed by atoms with Crippen LogP contribution in [0.4, 0.5) is 13.2 Å². The summed E-state index contributed by atoms with van der Waals surface area (Å²) >= 11 is 0. The molecular weight excluding hydrogens is 259 g/mol. The average molecular weight is 265 g/mol. The highest BCUT2D eigenvalue weighted by Gasteiger charge is 2.30. The van der Waals surface area contributed by atoms with Gasteiger partial charge in [-0.2, -0.15) is 21.6 Å². The van der Waals surface area contributed by atoms with E-state index in [2.05, 4.69) is 8.58 Å². The zero-order valence-corrected chi connectivity index (χ0v) is 9.05. The van der Waals surface area contributed by atoms with E-state index in [0.29, 0.717) is 5.56 Å². The molecule has 0 N–H and O–H groups in total. The Labute approximate surface area is 95.0 Å². The first-order chi connectivity index (χ1) is 7.78. The van der Waals surface area contributed by atoms with Gasteiger partial charge in [0.05, 0.1) is 11.3 Å². The van der Waals surface area contributed by atoms with Gasteiger partial charge in [0.2, 0.25) is 0 Å². The molecule has 1 aliphatic heterocycles. The fourth-order valence-corrected chi connectivity index (χ4v) is 2.05. The Hall–Kier alpha value is -1.41. The minimum absolute atomic E-state index is 0.0960. The molecule has 0 atom stereocenters. The van der Waals surface area contributed by atoms with Crippen molar-refractivity contribution in [2.24, 2.45) is 4.40 Å². The van der Waals surface area contributed by atoms with Crippen molar-refractivity contribution < 1.29 is 25.8 Å². The summed E-state index contributed by atoms with van der Waals surface area (Å²) in [5.41, 5.74) is -0.415. The Balaban J connectivity index is 2.32. The number of alkyl halides is 3. The van der Waals surface area contributed by atoms with E-state index in [-0.39, 0.29) is 12.3 Å². The summed E-state index contributed by atoms with van der Waals surface area (Å²) in [6, 6.07) is 4.04. The lowest BCUT2D eigenvalue weighted by atomic mass is 10.1. The number of hydrogen-bond acceptors (Lipinski definition) is 3. The molecule has 0 spiro atoms. The molecule has 1 aromatic rings. The molecule has 1 aliphatic rings. The van der Waals surface area contributed by atoms with Gasteiger partial charge >= 0.3 is 16.5 Å². The van der Waals surface area contributed by atoms with Crippen LogP contribution in [0.2, 0.25) is 0 Å². The van der Waals surface area contributed by atoms with Crippen molar-refractivity contribution in [2.45, 2.75) is 6.18 Å². The van der Waals surface area contributed by atoms with Gasteiger partial charge < -0.3 is 0 Å². The standard InChI is InChI=1S/C9H6F3NO3S/c10-9(11,12)7-3-1-6(2-4-7)8-5-16-17(14,15)13-8/h1-4H,5H2. The third kappa shape index (κ3) is 2.64. The van der Waals surface area contributed by atoms with Gasteiger partial charge in [-0.05, 0) is 17.7 Å². The van der Waals surface area contributed by atoms with E-state index in [1.54, 1.807) is 0 Å². The summed E-state index contributed by atoms with van der Waals surface area (Å²) in [7, 11) is -3.92. The van der Waals surface area contributed by atoms with Gasteiger partial charge in [-0.3, -0.25) is 0 Å². The highest BCUT2D eigenvalue weighted by molar-refractivity contribution is 7.85. The van der Waals surface area contributed by atoms with Crippen molar-refractivity contribution in [1.82, 2.24) is 0 Å². The van der Waals surface area contributed by atoms with Gasteiger partial charge in [-0.1, -0.05) is 12.1 Å². The molecule has 8 heteroatoms. The number of rotatable bonds is 1. The summed E-state index contributed by atoms with van der Waals surface area (Å²) in [4.78, 5) is 0. The molecule has 0 saturated carbocycles. The molecule has 4 nitrogen and oxygen atoms in total. The third-order valence-electron chi connectivity index (χ3n) is 2.11. The fourth-order valence-electron chi connectivity index (χ4n) is 1.31. The molecule has 92 valence electrons. The monoisotopic (exact) mass is 265 g/mol. The zero-order chi connectivity index (χ0) is 12.7. The van der Waals surface area contributed by atoms with Gasteiger partial charge in [0.1, 0.15) is 6.61 Å². The lowest BCUT2D eigenvalue weighted by Crippen LogP contribution is -2.07. The van der Waals surface area contributed by atoms with Gasteiger partial charge in [-0.25, -0.2) is 4.18 Å². The maximum Gasteiger partial charge on any atom is 0.416 e. The maximum absolute atomic E-state index is 12.3. The Bertz CT molecular complexity index is 560. The summed E-state index contributed by atoms with van der Waals surface area (Å²) in [5.74, 6) is 0. The van der Waals surface area contributed by atoms with E-state index in [4.69, 9.17) is 0 Å². The zero-order valence-electron chi connectivity index (χ0n) is 8.23. The number of halogens is 3. The molecule has 0 unspecified atom stereocenters. The van der Waals surface area contributed by atoms with Crippen LogP contribution in [0, 0.1) is 0 Å². The lowest BCUT2D eigenvalue weighted by Gasteiger charge is -2.06. The van der Waals surface area contributed by atoms with E-state index in [1.165, 1.54) is 0 Å². The van der Waals surface area contributed by atoms with E-state index >= 15 is 0 Å². The molecule has 0 saturated heterocycles. The normalized spacial score (nSPS) is 19.1. The molecule has 0 aliphatic carbocycles. The molecule has 0 fully saturated rings. The first-order valence-electron chi connectivity index (χ1n) is 4.44. The summed E-state index contributed by atoms with van der Waals surface area (Å²) < 4.78 is 66.1. The van der Waals surface area contributed by atoms with E-state index in [1.807, 2.05) is 0 Å². The van der Waals surface area contributed by atoms with Gasteiger partial charge in [0.25, 0.3) is 0 Å². The quantitative estimate of drug-likeness (QED) is 0.777. The Morgan fingerprint density at radius 2 is 1.76 bits per heavy atom. The first-order valence-corrected chi connectivity index (χ1v) is 5.80. The Morgan fingerprint density at radius 1 is 1.18 bits per heavy atom. The molecule has 2 rings (SSSR count). The van der Waals surface area contributed by atoms with Crippen molar-refractivity contribution >= 4 is 16.0 Å². The summed E-state index contributed by atoms with van der Waals surface area (Å²) in [6.45, 7) is -0.256. The van der Waals surface area contributed by atoms with Crippen LogP contribution in [0.3, 0.4) is 0 Å². The fraction of sp³-hybridized carbons (Fsp3) is 0.222. The van der Waals surface area contributed by atoms with E-state index < -0.39 is 22.0 Å². The second-order valence-corrected chi connectivity index (χ2v) is 4.58. The molecular formula is C9H6F3NO3S. The van der Waals surface area contributed by atoms with Crippen molar-refractivity contribution in [3.63, 3.8) is 0 Å². The van der Waals surface area contributed by atoms with Gasteiger partial charge in [-0.15, -0.1) is 4.40 Å². The SMILES string of the molecule is O=S1(=O)N=C(c2ccc(C(F)(F)F)cc2)CO1.